The third-order valence-electron chi connectivity index (χ3n) is 4.76. The molecule has 25 heavy (non-hydrogen) atoms. The molecular formula is C21H25NO2S. The van der Waals surface area contributed by atoms with Crippen molar-refractivity contribution < 1.29 is 9.53 Å². The average molecular weight is 356 g/mol. The van der Waals surface area contributed by atoms with Crippen LogP contribution in [0.3, 0.4) is 0 Å². The van der Waals surface area contributed by atoms with Gasteiger partial charge in [-0.3, -0.25) is 4.79 Å². The highest BCUT2D eigenvalue weighted by Gasteiger charge is 2.23. The molecule has 1 fully saturated rings. The molecule has 0 radical (unpaired) electrons. The molecule has 0 aliphatic carbocycles. The van der Waals surface area contributed by atoms with Crippen molar-refractivity contribution in [2.75, 3.05) is 26.0 Å². The first-order valence-electron chi connectivity index (χ1n) is 8.76. The number of thioether (sulfide) groups is 1. The summed E-state index contributed by atoms with van der Waals surface area (Å²) in [4.78, 5) is 14.8. The van der Waals surface area contributed by atoms with Crippen LogP contribution in [0.4, 0.5) is 0 Å². The Bertz CT molecular complexity index is 731. The number of rotatable bonds is 4. The summed E-state index contributed by atoms with van der Waals surface area (Å²) >= 11 is 1.97. The first-order chi connectivity index (χ1) is 12.2. The molecule has 3 rings (SSSR count). The minimum absolute atomic E-state index is 0.190. The fourth-order valence-corrected chi connectivity index (χ4v) is 4.67. The van der Waals surface area contributed by atoms with Gasteiger partial charge in [-0.1, -0.05) is 42.5 Å². The highest BCUT2D eigenvalue weighted by Crippen LogP contribution is 2.36. The molecule has 1 heterocycles. The molecule has 1 unspecified atom stereocenters. The first kappa shape index (κ1) is 17.9. The van der Waals surface area contributed by atoms with E-state index in [1.165, 1.54) is 11.1 Å². The van der Waals surface area contributed by atoms with E-state index in [2.05, 4.69) is 31.2 Å². The van der Waals surface area contributed by atoms with Crippen LogP contribution in [0, 0.1) is 6.92 Å². The fourth-order valence-electron chi connectivity index (χ4n) is 3.34. The maximum Gasteiger partial charge on any atom is 0.227 e. The zero-order chi connectivity index (χ0) is 17.6. The lowest BCUT2D eigenvalue weighted by molar-refractivity contribution is -0.130. The Balaban J connectivity index is 1.65. The number of carbonyl (C=O) groups excluding carboxylic acids is 1. The van der Waals surface area contributed by atoms with Gasteiger partial charge in [0.15, 0.2) is 0 Å². The van der Waals surface area contributed by atoms with E-state index in [9.17, 15) is 4.79 Å². The second-order valence-corrected chi connectivity index (χ2v) is 7.68. The molecule has 3 nitrogen and oxygen atoms in total. The molecule has 1 aliphatic rings. The minimum atomic E-state index is 0.190. The van der Waals surface area contributed by atoms with Gasteiger partial charge in [0.2, 0.25) is 5.91 Å². The summed E-state index contributed by atoms with van der Waals surface area (Å²) in [6, 6.07) is 16.4. The Morgan fingerprint density at radius 1 is 1.16 bits per heavy atom. The van der Waals surface area contributed by atoms with Gasteiger partial charge in [0.1, 0.15) is 5.75 Å². The van der Waals surface area contributed by atoms with Gasteiger partial charge < -0.3 is 9.64 Å². The lowest BCUT2D eigenvalue weighted by atomic mass is 10.0. The van der Waals surface area contributed by atoms with Gasteiger partial charge in [-0.25, -0.2) is 0 Å². The number of para-hydroxylation sites is 1. The number of benzene rings is 2. The van der Waals surface area contributed by atoms with Gasteiger partial charge in [0, 0.05) is 29.7 Å². The smallest absolute Gasteiger partial charge is 0.227 e. The number of hydrogen-bond acceptors (Lipinski definition) is 3. The summed E-state index contributed by atoms with van der Waals surface area (Å²) in [7, 11) is 1.65. The molecule has 1 saturated heterocycles. The van der Waals surface area contributed by atoms with Crippen LogP contribution < -0.4 is 4.74 Å². The van der Waals surface area contributed by atoms with E-state index in [0.717, 1.165) is 36.6 Å². The Morgan fingerprint density at radius 3 is 2.72 bits per heavy atom. The monoisotopic (exact) mass is 355 g/mol. The number of amides is 1. The Hall–Kier alpha value is -1.94. The highest BCUT2D eigenvalue weighted by molar-refractivity contribution is 7.99. The van der Waals surface area contributed by atoms with Crippen LogP contribution in [0.1, 0.15) is 28.4 Å². The number of methoxy groups -OCH3 is 1. The Morgan fingerprint density at radius 2 is 1.92 bits per heavy atom. The standard InChI is InChI=1S/C21H25NO2S/c1-16-7-3-5-9-18(16)20-11-12-22(13-14-25-20)21(23)15-17-8-4-6-10-19(17)24-2/h3-10,20H,11-15H2,1-2H3. The highest BCUT2D eigenvalue weighted by atomic mass is 32.2. The van der Waals surface area contributed by atoms with E-state index in [1.807, 2.05) is 40.9 Å². The van der Waals surface area contributed by atoms with Crippen molar-refractivity contribution in [3.63, 3.8) is 0 Å². The molecule has 1 aliphatic heterocycles. The van der Waals surface area contributed by atoms with Gasteiger partial charge in [-0.15, -0.1) is 0 Å². The summed E-state index contributed by atoms with van der Waals surface area (Å²) < 4.78 is 5.37. The SMILES string of the molecule is COc1ccccc1CC(=O)N1CCSC(c2ccccc2C)CC1. The number of ether oxygens (including phenoxy) is 1. The molecule has 0 bridgehead atoms. The van der Waals surface area contributed by atoms with E-state index >= 15 is 0 Å². The molecule has 132 valence electrons. The maximum atomic E-state index is 12.8. The topological polar surface area (TPSA) is 29.5 Å². The third kappa shape index (κ3) is 4.37. The molecule has 1 atom stereocenters. The van der Waals surface area contributed by atoms with E-state index in [4.69, 9.17) is 4.74 Å². The van der Waals surface area contributed by atoms with Gasteiger partial charge in [-0.2, -0.15) is 11.8 Å². The van der Waals surface area contributed by atoms with Crippen LogP contribution in [0.15, 0.2) is 48.5 Å². The maximum absolute atomic E-state index is 12.8. The average Bonchev–Trinajstić information content (AvgIpc) is 2.89. The fraction of sp³-hybridized carbons (Fsp3) is 0.381. The molecule has 1 amide bonds. The second-order valence-electron chi connectivity index (χ2n) is 6.37. The predicted molar refractivity (Wildman–Crippen MR) is 104 cm³/mol. The van der Waals surface area contributed by atoms with Crippen LogP contribution in [0.2, 0.25) is 0 Å². The summed E-state index contributed by atoms with van der Waals surface area (Å²) in [5.74, 6) is 1.96. The minimum Gasteiger partial charge on any atom is -0.496 e. The zero-order valence-electron chi connectivity index (χ0n) is 14.9. The Kier molecular flexibility index (Phi) is 6.03. The van der Waals surface area contributed by atoms with Crippen LogP contribution >= 0.6 is 11.8 Å². The quantitative estimate of drug-likeness (QED) is 0.821. The van der Waals surface area contributed by atoms with Crippen molar-refractivity contribution in [2.24, 2.45) is 0 Å². The van der Waals surface area contributed by atoms with Crippen molar-refractivity contribution in [3.05, 3.63) is 65.2 Å². The lowest BCUT2D eigenvalue weighted by Gasteiger charge is -2.21. The van der Waals surface area contributed by atoms with Gasteiger partial charge in [0.25, 0.3) is 0 Å². The van der Waals surface area contributed by atoms with E-state index in [-0.39, 0.29) is 5.91 Å². The molecule has 2 aromatic carbocycles. The summed E-state index contributed by atoms with van der Waals surface area (Å²) in [5, 5.41) is 0.477. The van der Waals surface area contributed by atoms with Crippen molar-refractivity contribution in [1.82, 2.24) is 4.90 Å². The van der Waals surface area contributed by atoms with Crippen molar-refractivity contribution >= 4 is 17.7 Å². The number of hydrogen-bond donors (Lipinski definition) is 0. The van der Waals surface area contributed by atoms with Crippen molar-refractivity contribution in [3.8, 4) is 5.75 Å². The molecule has 4 heteroatoms. The van der Waals surface area contributed by atoms with Crippen LogP contribution in [-0.4, -0.2) is 36.8 Å². The lowest BCUT2D eigenvalue weighted by Crippen LogP contribution is -2.34. The first-order valence-corrected chi connectivity index (χ1v) is 9.80. The molecule has 2 aromatic rings. The summed E-state index contributed by atoms with van der Waals surface area (Å²) in [6.07, 6.45) is 1.41. The molecule has 0 N–H and O–H groups in total. The Labute approximate surface area is 154 Å². The third-order valence-corrected chi connectivity index (χ3v) is 6.07. The zero-order valence-corrected chi connectivity index (χ0v) is 15.7. The van der Waals surface area contributed by atoms with Crippen LogP contribution in [0.25, 0.3) is 0 Å². The molecule has 0 spiro atoms. The number of aryl methyl sites for hydroxylation is 1. The summed E-state index contributed by atoms with van der Waals surface area (Å²) in [5.41, 5.74) is 3.71. The normalized spacial score (nSPS) is 17.8. The van der Waals surface area contributed by atoms with Crippen molar-refractivity contribution in [2.45, 2.75) is 25.0 Å². The molecule has 0 saturated carbocycles. The largest absolute Gasteiger partial charge is 0.496 e. The van der Waals surface area contributed by atoms with E-state index < -0.39 is 0 Å². The number of carbonyl (C=O) groups is 1. The van der Waals surface area contributed by atoms with E-state index in [1.54, 1.807) is 7.11 Å². The van der Waals surface area contributed by atoms with Gasteiger partial charge in [0.05, 0.1) is 13.5 Å². The second kappa shape index (κ2) is 8.43. The number of nitrogens with zero attached hydrogens (tertiary/aromatic N) is 1. The van der Waals surface area contributed by atoms with Crippen LogP contribution in [0.5, 0.6) is 5.75 Å². The summed E-state index contributed by atoms with van der Waals surface area (Å²) in [6.45, 7) is 3.81. The van der Waals surface area contributed by atoms with Crippen molar-refractivity contribution in [1.29, 1.82) is 0 Å². The van der Waals surface area contributed by atoms with Gasteiger partial charge >= 0.3 is 0 Å². The predicted octanol–water partition coefficient (Wildman–Crippen LogP) is 4.25. The van der Waals surface area contributed by atoms with E-state index in [0.29, 0.717) is 11.7 Å². The van der Waals surface area contributed by atoms with Crippen LogP contribution in [-0.2, 0) is 11.2 Å². The molecule has 0 aromatic heterocycles. The van der Waals surface area contributed by atoms with Gasteiger partial charge in [-0.05, 0) is 30.5 Å². The molecular weight excluding hydrogens is 330 g/mol.